The molecule has 1 aromatic carbocycles. The molecule has 76 valence electrons. The maximum Gasteiger partial charge on any atom is 0.0720 e. The normalized spacial score (nSPS) is 10.2. The summed E-state index contributed by atoms with van der Waals surface area (Å²) in [5, 5.41) is 4.20. The first-order chi connectivity index (χ1) is 7.33. The number of hydrogen-bond acceptors (Lipinski definition) is 2. The monoisotopic (exact) mass is 199 g/mol. The van der Waals surface area contributed by atoms with Crippen LogP contribution in [0.1, 0.15) is 5.56 Å². The number of nitrogens with two attached hydrogens (primary N) is 1. The van der Waals surface area contributed by atoms with Crippen LogP contribution >= 0.6 is 0 Å². The van der Waals surface area contributed by atoms with Crippen LogP contribution in [0.2, 0.25) is 0 Å². The predicted octanol–water partition coefficient (Wildman–Crippen LogP) is 1.84. The van der Waals surface area contributed by atoms with Crippen molar-refractivity contribution in [3.05, 3.63) is 54.9 Å². The maximum absolute atomic E-state index is 5.60. The van der Waals surface area contributed by atoms with Gasteiger partial charge in [-0.2, -0.15) is 5.10 Å². The molecule has 0 saturated carbocycles. The summed E-state index contributed by atoms with van der Waals surface area (Å²) in [5.74, 6) is 0. The molecule has 3 heteroatoms. The molecule has 2 aromatic rings. The first-order valence-electron chi connectivity index (χ1n) is 4.80. The van der Waals surface area contributed by atoms with E-state index < -0.39 is 0 Å². The molecule has 0 amide bonds. The van der Waals surface area contributed by atoms with E-state index in [-0.39, 0.29) is 0 Å². The molecule has 0 radical (unpaired) electrons. The lowest BCUT2D eigenvalue weighted by molar-refractivity contribution is 0.877. The molecule has 0 aliphatic carbocycles. The molecule has 0 aliphatic rings. The van der Waals surface area contributed by atoms with Crippen molar-refractivity contribution in [1.29, 1.82) is 0 Å². The van der Waals surface area contributed by atoms with E-state index in [1.807, 2.05) is 41.2 Å². The van der Waals surface area contributed by atoms with Crippen LogP contribution in [0.3, 0.4) is 0 Å². The van der Waals surface area contributed by atoms with E-state index in [0.717, 1.165) is 16.8 Å². The zero-order valence-corrected chi connectivity index (χ0v) is 8.43. The molecule has 0 unspecified atom stereocenters. The Hall–Kier alpha value is -1.87. The number of nitrogens with zero attached hydrogens (tertiary/aromatic N) is 2. The van der Waals surface area contributed by atoms with Gasteiger partial charge in [0.2, 0.25) is 0 Å². The van der Waals surface area contributed by atoms with Crippen LogP contribution in [0.15, 0.2) is 49.3 Å². The number of hydrogen-bond donors (Lipinski definition) is 1. The van der Waals surface area contributed by atoms with Crippen molar-refractivity contribution in [2.24, 2.45) is 5.73 Å². The third kappa shape index (κ3) is 1.82. The second kappa shape index (κ2) is 4.11. The largest absolute Gasteiger partial charge is 0.326 e. The Labute approximate surface area is 88.8 Å². The zero-order chi connectivity index (χ0) is 10.7. The highest BCUT2D eigenvalue weighted by atomic mass is 15.3. The summed E-state index contributed by atoms with van der Waals surface area (Å²) in [5.41, 5.74) is 8.57. The lowest BCUT2D eigenvalue weighted by Gasteiger charge is -2.10. The summed E-state index contributed by atoms with van der Waals surface area (Å²) >= 11 is 0. The van der Waals surface area contributed by atoms with E-state index in [1.54, 1.807) is 6.20 Å². The second-order valence-corrected chi connectivity index (χ2v) is 3.28. The second-order valence-electron chi connectivity index (χ2n) is 3.28. The van der Waals surface area contributed by atoms with E-state index in [2.05, 4.69) is 11.7 Å². The molecule has 0 saturated heterocycles. The molecule has 2 rings (SSSR count). The summed E-state index contributed by atoms with van der Waals surface area (Å²) < 4.78 is 1.82. The van der Waals surface area contributed by atoms with Crippen molar-refractivity contribution < 1.29 is 0 Å². The van der Waals surface area contributed by atoms with Crippen LogP contribution in [-0.2, 0) is 0 Å². The Morgan fingerprint density at radius 1 is 1.33 bits per heavy atom. The van der Waals surface area contributed by atoms with Gasteiger partial charge in [0.05, 0.1) is 5.69 Å². The zero-order valence-electron chi connectivity index (χ0n) is 8.43. The van der Waals surface area contributed by atoms with Crippen LogP contribution < -0.4 is 5.73 Å². The summed E-state index contributed by atoms with van der Waals surface area (Å²) in [7, 11) is 0. The number of rotatable bonds is 3. The van der Waals surface area contributed by atoms with Crippen molar-refractivity contribution in [1.82, 2.24) is 9.78 Å². The van der Waals surface area contributed by atoms with Gasteiger partial charge in [0.15, 0.2) is 0 Å². The summed E-state index contributed by atoms with van der Waals surface area (Å²) in [6.45, 7) is 4.40. The molecule has 0 fully saturated rings. The quantitative estimate of drug-likeness (QED) is 0.819. The standard InChI is InChI=1S/C12H13N3/c1-10(9-13)11-5-2-3-6-12(11)15-8-4-7-14-15/h2-8H,1,9,13H2. The van der Waals surface area contributed by atoms with Gasteiger partial charge >= 0.3 is 0 Å². The fraction of sp³-hybridized carbons (Fsp3) is 0.0833. The minimum absolute atomic E-state index is 0.457. The molecule has 3 nitrogen and oxygen atoms in total. The van der Waals surface area contributed by atoms with Gasteiger partial charge in [0.1, 0.15) is 0 Å². The average Bonchev–Trinajstić information content (AvgIpc) is 2.81. The lowest BCUT2D eigenvalue weighted by atomic mass is 10.1. The van der Waals surface area contributed by atoms with E-state index in [1.165, 1.54) is 0 Å². The van der Waals surface area contributed by atoms with Crippen molar-refractivity contribution in [2.45, 2.75) is 0 Å². The molecule has 0 aliphatic heterocycles. The number of benzene rings is 1. The third-order valence-electron chi connectivity index (χ3n) is 2.28. The van der Waals surface area contributed by atoms with Gasteiger partial charge in [0.25, 0.3) is 0 Å². The van der Waals surface area contributed by atoms with Gasteiger partial charge < -0.3 is 5.73 Å². The predicted molar refractivity (Wildman–Crippen MR) is 61.7 cm³/mol. The number of aromatic nitrogens is 2. The highest BCUT2D eigenvalue weighted by Crippen LogP contribution is 2.19. The van der Waals surface area contributed by atoms with Gasteiger partial charge in [-0.25, -0.2) is 4.68 Å². The maximum atomic E-state index is 5.60. The van der Waals surface area contributed by atoms with Crippen molar-refractivity contribution in [3.63, 3.8) is 0 Å². The third-order valence-corrected chi connectivity index (χ3v) is 2.28. The average molecular weight is 199 g/mol. The van der Waals surface area contributed by atoms with Crippen LogP contribution in [0.4, 0.5) is 0 Å². The van der Waals surface area contributed by atoms with E-state index in [4.69, 9.17) is 5.73 Å². The van der Waals surface area contributed by atoms with E-state index >= 15 is 0 Å². The van der Waals surface area contributed by atoms with Crippen LogP contribution in [0.25, 0.3) is 11.3 Å². The first kappa shape index (κ1) is 9.68. The van der Waals surface area contributed by atoms with E-state index in [9.17, 15) is 0 Å². The molecule has 0 spiro atoms. The molecule has 0 atom stereocenters. The fourth-order valence-corrected chi connectivity index (χ4v) is 1.49. The smallest absolute Gasteiger partial charge is 0.0720 e. The molecule has 2 N–H and O–H groups in total. The molecular formula is C12H13N3. The fourth-order valence-electron chi connectivity index (χ4n) is 1.49. The molecule has 15 heavy (non-hydrogen) atoms. The Balaban J connectivity index is 2.52. The summed E-state index contributed by atoms with van der Waals surface area (Å²) in [6, 6.07) is 9.85. The first-order valence-corrected chi connectivity index (χ1v) is 4.80. The Morgan fingerprint density at radius 3 is 2.80 bits per heavy atom. The molecular weight excluding hydrogens is 186 g/mol. The van der Waals surface area contributed by atoms with Crippen molar-refractivity contribution in [2.75, 3.05) is 6.54 Å². The Morgan fingerprint density at radius 2 is 2.13 bits per heavy atom. The van der Waals surface area contributed by atoms with Crippen LogP contribution in [0.5, 0.6) is 0 Å². The van der Waals surface area contributed by atoms with Gasteiger partial charge in [-0.15, -0.1) is 0 Å². The minimum Gasteiger partial charge on any atom is -0.326 e. The molecule has 1 aromatic heterocycles. The van der Waals surface area contributed by atoms with Crippen molar-refractivity contribution in [3.8, 4) is 5.69 Å². The topological polar surface area (TPSA) is 43.8 Å². The highest BCUT2D eigenvalue weighted by molar-refractivity contribution is 5.71. The molecule has 0 bridgehead atoms. The summed E-state index contributed by atoms with van der Waals surface area (Å²) in [4.78, 5) is 0. The van der Waals surface area contributed by atoms with Crippen LogP contribution in [0, 0.1) is 0 Å². The minimum atomic E-state index is 0.457. The van der Waals surface area contributed by atoms with Crippen LogP contribution in [-0.4, -0.2) is 16.3 Å². The van der Waals surface area contributed by atoms with Crippen molar-refractivity contribution >= 4 is 5.57 Å². The van der Waals surface area contributed by atoms with Gasteiger partial charge in [0, 0.05) is 24.5 Å². The van der Waals surface area contributed by atoms with Gasteiger partial charge in [-0.1, -0.05) is 24.8 Å². The SMILES string of the molecule is C=C(CN)c1ccccc1-n1cccn1. The highest BCUT2D eigenvalue weighted by Gasteiger charge is 2.05. The Kier molecular flexibility index (Phi) is 2.65. The Bertz CT molecular complexity index is 457. The van der Waals surface area contributed by atoms with Gasteiger partial charge in [-0.3, -0.25) is 0 Å². The lowest BCUT2D eigenvalue weighted by Crippen LogP contribution is -2.05. The summed E-state index contributed by atoms with van der Waals surface area (Å²) in [6.07, 6.45) is 3.66. The van der Waals surface area contributed by atoms with Gasteiger partial charge in [-0.05, 0) is 17.7 Å². The number of para-hydroxylation sites is 1. The molecule has 1 heterocycles. The van der Waals surface area contributed by atoms with E-state index in [0.29, 0.717) is 6.54 Å².